The van der Waals surface area contributed by atoms with E-state index in [1.54, 1.807) is 7.11 Å². The number of hydrogen-bond acceptors (Lipinski definition) is 4. The monoisotopic (exact) mass is 349 g/mol. The maximum atomic E-state index is 12.4. The predicted molar refractivity (Wildman–Crippen MR) is 93.7 cm³/mol. The van der Waals surface area contributed by atoms with Crippen molar-refractivity contribution in [1.29, 1.82) is 0 Å². The highest BCUT2D eigenvalue weighted by atomic mass is 16.5. The van der Waals surface area contributed by atoms with E-state index in [2.05, 4.69) is 5.32 Å². The number of nitrogens with one attached hydrogen (secondary N) is 1. The summed E-state index contributed by atoms with van der Waals surface area (Å²) >= 11 is 0. The smallest absolute Gasteiger partial charge is 0.307 e. The van der Waals surface area contributed by atoms with Gasteiger partial charge in [0.05, 0.1) is 25.6 Å². The fourth-order valence-corrected chi connectivity index (χ4v) is 3.21. The molecule has 0 aromatic heterocycles. The van der Waals surface area contributed by atoms with Crippen molar-refractivity contribution in [2.24, 2.45) is 11.8 Å². The van der Waals surface area contributed by atoms with Gasteiger partial charge in [0.15, 0.2) is 11.5 Å². The first-order valence-corrected chi connectivity index (χ1v) is 8.87. The van der Waals surface area contributed by atoms with Crippen LogP contribution in [0, 0.1) is 11.8 Å². The van der Waals surface area contributed by atoms with Crippen LogP contribution in [-0.4, -0.2) is 30.7 Å². The van der Waals surface area contributed by atoms with Crippen molar-refractivity contribution in [3.63, 3.8) is 0 Å². The molecule has 0 aliphatic heterocycles. The van der Waals surface area contributed by atoms with Crippen molar-refractivity contribution in [3.8, 4) is 11.5 Å². The molecule has 1 aliphatic rings. The Morgan fingerprint density at radius 1 is 1.20 bits per heavy atom. The normalized spacial score (nSPS) is 19.9. The summed E-state index contributed by atoms with van der Waals surface area (Å²) in [6.07, 6.45) is 3.89. The Balaban J connectivity index is 1.97. The summed E-state index contributed by atoms with van der Waals surface area (Å²) in [4.78, 5) is 23.8. The number of carboxylic acids is 1. The molecule has 1 amide bonds. The second-order valence-corrected chi connectivity index (χ2v) is 6.39. The van der Waals surface area contributed by atoms with Crippen LogP contribution in [0.25, 0.3) is 0 Å². The first-order valence-electron chi connectivity index (χ1n) is 8.87. The lowest BCUT2D eigenvalue weighted by molar-refractivity contribution is -0.148. The lowest BCUT2D eigenvalue weighted by Crippen LogP contribution is -2.39. The zero-order chi connectivity index (χ0) is 18.2. The van der Waals surface area contributed by atoms with Gasteiger partial charge in [-0.05, 0) is 37.0 Å². The number of carboxylic acid groups (broad SMARTS) is 1. The third kappa shape index (κ3) is 5.11. The maximum Gasteiger partial charge on any atom is 0.307 e. The number of benzene rings is 1. The standard InChI is InChI=1S/C19H27NO5/c1-3-10-25-16-9-8-13(11-17(16)24-2)12-20-18(21)14-6-4-5-7-15(14)19(22)23/h8-9,11,14-15H,3-7,10,12H2,1-2H3,(H,20,21)(H,22,23). The Hall–Kier alpha value is -2.24. The van der Waals surface area contributed by atoms with E-state index in [0.717, 1.165) is 24.8 Å². The second kappa shape index (κ2) is 9.30. The van der Waals surface area contributed by atoms with E-state index in [-0.39, 0.29) is 5.91 Å². The predicted octanol–water partition coefficient (Wildman–Crippen LogP) is 2.99. The van der Waals surface area contributed by atoms with Crippen molar-refractivity contribution < 1.29 is 24.2 Å². The molecule has 0 radical (unpaired) electrons. The van der Waals surface area contributed by atoms with Crippen molar-refractivity contribution in [2.45, 2.75) is 45.6 Å². The largest absolute Gasteiger partial charge is 0.493 e. The number of hydrogen-bond donors (Lipinski definition) is 2. The van der Waals surface area contributed by atoms with Gasteiger partial charge in [-0.3, -0.25) is 9.59 Å². The van der Waals surface area contributed by atoms with E-state index < -0.39 is 17.8 Å². The quantitative estimate of drug-likeness (QED) is 0.754. The van der Waals surface area contributed by atoms with E-state index in [1.807, 2.05) is 25.1 Å². The molecule has 2 unspecified atom stereocenters. The topological polar surface area (TPSA) is 84.9 Å². The molecule has 138 valence electrons. The maximum absolute atomic E-state index is 12.4. The highest BCUT2D eigenvalue weighted by Crippen LogP contribution is 2.31. The summed E-state index contributed by atoms with van der Waals surface area (Å²) in [6.45, 7) is 2.99. The van der Waals surface area contributed by atoms with Crippen LogP contribution < -0.4 is 14.8 Å². The molecule has 25 heavy (non-hydrogen) atoms. The van der Waals surface area contributed by atoms with Crippen molar-refractivity contribution in [3.05, 3.63) is 23.8 Å². The van der Waals surface area contributed by atoms with Gasteiger partial charge in [-0.25, -0.2) is 0 Å². The molecule has 1 aromatic carbocycles. The van der Waals surface area contributed by atoms with E-state index in [1.165, 1.54) is 0 Å². The van der Waals surface area contributed by atoms with Crippen LogP contribution in [0.4, 0.5) is 0 Å². The molecule has 6 nitrogen and oxygen atoms in total. The SMILES string of the molecule is CCCOc1ccc(CNC(=O)C2CCCCC2C(=O)O)cc1OC. The molecule has 2 atom stereocenters. The Morgan fingerprint density at radius 2 is 1.92 bits per heavy atom. The molecule has 0 bridgehead atoms. The lowest BCUT2D eigenvalue weighted by Gasteiger charge is -2.27. The number of ether oxygens (including phenoxy) is 2. The number of rotatable bonds is 8. The Bertz CT molecular complexity index is 601. The molecule has 0 heterocycles. The van der Waals surface area contributed by atoms with Crippen LogP contribution in [0.15, 0.2) is 18.2 Å². The van der Waals surface area contributed by atoms with Crippen LogP contribution in [0.3, 0.4) is 0 Å². The van der Waals surface area contributed by atoms with Crippen LogP contribution in [0.2, 0.25) is 0 Å². The summed E-state index contributed by atoms with van der Waals surface area (Å²) in [5, 5.41) is 12.2. The molecule has 2 N–H and O–H groups in total. The van der Waals surface area contributed by atoms with Gasteiger partial charge in [-0.2, -0.15) is 0 Å². The summed E-state index contributed by atoms with van der Waals surface area (Å²) in [7, 11) is 1.58. The van der Waals surface area contributed by atoms with Gasteiger partial charge in [-0.1, -0.05) is 25.8 Å². The number of carbonyl (C=O) groups excluding carboxylic acids is 1. The second-order valence-electron chi connectivity index (χ2n) is 6.39. The first kappa shape index (κ1) is 19.1. The highest BCUT2D eigenvalue weighted by molar-refractivity contribution is 5.84. The Kier molecular flexibility index (Phi) is 7.10. The molecule has 6 heteroatoms. The fourth-order valence-electron chi connectivity index (χ4n) is 3.21. The van der Waals surface area contributed by atoms with Gasteiger partial charge in [0, 0.05) is 6.54 Å². The van der Waals surface area contributed by atoms with E-state index in [9.17, 15) is 14.7 Å². The summed E-state index contributed by atoms with van der Waals surface area (Å²) in [5.41, 5.74) is 0.886. The first-order chi connectivity index (χ1) is 12.1. The fraction of sp³-hybridized carbons (Fsp3) is 0.579. The average Bonchev–Trinajstić information content (AvgIpc) is 2.64. The zero-order valence-electron chi connectivity index (χ0n) is 14.9. The molecule has 0 spiro atoms. The minimum absolute atomic E-state index is 0.183. The van der Waals surface area contributed by atoms with Gasteiger partial charge in [0.2, 0.25) is 5.91 Å². The van der Waals surface area contributed by atoms with Crippen LogP contribution in [0.1, 0.15) is 44.6 Å². The van der Waals surface area contributed by atoms with Gasteiger partial charge >= 0.3 is 5.97 Å². The van der Waals surface area contributed by atoms with Gasteiger partial charge < -0.3 is 19.9 Å². The minimum atomic E-state index is -0.876. The third-order valence-corrected chi connectivity index (χ3v) is 4.58. The molecular formula is C19H27NO5. The Labute approximate surface area is 148 Å². The number of methoxy groups -OCH3 is 1. The molecule has 2 rings (SSSR count). The van der Waals surface area contributed by atoms with Crippen LogP contribution >= 0.6 is 0 Å². The summed E-state index contributed by atoms with van der Waals surface area (Å²) in [5.74, 6) is -0.774. The van der Waals surface area contributed by atoms with Crippen LogP contribution in [0.5, 0.6) is 11.5 Å². The molecule has 1 aromatic rings. The molecule has 1 fully saturated rings. The highest BCUT2D eigenvalue weighted by Gasteiger charge is 2.35. The number of carbonyl (C=O) groups is 2. The minimum Gasteiger partial charge on any atom is -0.493 e. The van der Waals surface area contributed by atoms with Crippen molar-refractivity contribution in [1.82, 2.24) is 5.32 Å². The Morgan fingerprint density at radius 3 is 2.56 bits per heavy atom. The third-order valence-electron chi connectivity index (χ3n) is 4.58. The van der Waals surface area contributed by atoms with Crippen molar-refractivity contribution in [2.75, 3.05) is 13.7 Å². The average molecular weight is 349 g/mol. The van der Waals surface area contributed by atoms with Crippen LogP contribution in [-0.2, 0) is 16.1 Å². The lowest BCUT2D eigenvalue weighted by atomic mass is 9.78. The molecule has 1 aliphatic carbocycles. The molecule has 1 saturated carbocycles. The number of aliphatic carboxylic acids is 1. The van der Waals surface area contributed by atoms with E-state index in [4.69, 9.17) is 9.47 Å². The van der Waals surface area contributed by atoms with E-state index >= 15 is 0 Å². The van der Waals surface area contributed by atoms with Gasteiger partial charge in [0.25, 0.3) is 0 Å². The van der Waals surface area contributed by atoms with E-state index in [0.29, 0.717) is 37.5 Å². The number of amides is 1. The van der Waals surface area contributed by atoms with Gasteiger partial charge in [-0.15, -0.1) is 0 Å². The summed E-state index contributed by atoms with van der Waals surface area (Å²) in [6, 6.07) is 5.54. The van der Waals surface area contributed by atoms with Gasteiger partial charge in [0.1, 0.15) is 0 Å². The summed E-state index contributed by atoms with van der Waals surface area (Å²) < 4.78 is 11.0. The van der Waals surface area contributed by atoms with Crippen molar-refractivity contribution >= 4 is 11.9 Å². The molecule has 0 saturated heterocycles. The zero-order valence-corrected chi connectivity index (χ0v) is 14.9. The molecular weight excluding hydrogens is 322 g/mol.